The van der Waals surface area contributed by atoms with Crippen LogP contribution in [0.5, 0.6) is 11.5 Å². The van der Waals surface area contributed by atoms with E-state index in [2.05, 4.69) is 37.5 Å². The highest BCUT2D eigenvalue weighted by atomic mass is 79.9. The Bertz CT molecular complexity index is 1190. The van der Waals surface area contributed by atoms with Crippen molar-refractivity contribution in [1.82, 2.24) is 4.98 Å². The van der Waals surface area contributed by atoms with E-state index in [1.54, 1.807) is 24.3 Å². The molecule has 0 fully saturated rings. The number of aromatic nitrogens is 1. The van der Waals surface area contributed by atoms with Crippen molar-refractivity contribution in [2.75, 3.05) is 12.0 Å². The van der Waals surface area contributed by atoms with Crippen LogP contribution < -0.4 is 14.9 Å². The van der Waals surface area contributed by atoms with Crippen LogP contribution in [0.1, 0.15) is 23.6 Å². The molecule has 2 aromatic carbocycles. The van der Waals surface area contributed by atoms with Gasteiger partial charge >= 0.3 is 5.69 Å². The Morgan fingerprint density at radius 3 is 2.84 bits per heavy atom. The van der Waals surface area contributed by atoms with E-state index in [0.717, 1.165) is 5.56 Å². The van der Waals surface area contributed by atoms with E-state index in [1.807, 2.05) is 19.1 Å². The molecule has 1 heterocycles. The second-order valence-corrected chi connectivity index (χ2v) is 7.17. The van der Waals surface area contributed by atoms with Crippen LogP contribution in [0.15, 0.2) is 64.3 Å². The molecule has 0 unspecified atom stereocenters. The number of anilines is 1. The fourth-order valence-corrected chi connectivity index (χ4v) is 3.34. The van der Waals surface area contributed by atoms with Gasteiger partial charge in [-0.3, -0.25) is 15.5 Å². The number of nitro groups is 1. The van der Waals surface area contributed by atoms with E-state index >= 15 is 0 Å². The zero-order valence-electron chi connectivity index (χ0n) is 17.0. The molecule has 0 aliphatic rings. The average Bonchev–Trinajstić information content (AvgIpc) is 2.79. The molecule has 0 amide bonds. The standard InChI is InChI=1S/C22H18BrN5O4/c1-2-31-20-11-15(13-26-27-22-19(28(29)30)8-5-9-25-22)10-18(23)21(20)32-14-17-7-4-3-6-16(17)12-24/h3-11,13H,2,14H2,1H3,(H,25,27)/b26-13-. The summed E-state index contributed by atoms with van der Waals surface area (Å²) in [7, 11) is 0. The van der Waals surface area contributed by atoms with Crippen LogP contribution in [0.2, 0.25) is 0 Å². The third-order valence-corrected chi connectivity index (χ3v) is 4.80. The first kappa shape index (κ1) is 22.7. The minimum atomic E-state index is -0.536. The van der Waals surface area contributed by atoms with Gasteiger partial charge in [0.05, 0.1) is 33.9 Å². The highest BCUT2D eigenvalue weighted by Crippen LogP contribution is 2.37. The van der Waals surface area contributed by atoms with E-state index in [0.29, 0.717) is 33.7 Å². The topological polar surface area (TPSA) is 123 Å². The summed E-state index contributed by atoms with van der Waals surface area (Å²) < 4.78 is 12.3. The van der Waals surface area contributed by atoms with Crippen molar-refractivity contribution in [1.29, 1.82) is 5.26 Å². The molecule has 9 nitrogen and oxygen atoms in total. The summed E-state index contributed by atoms with van der Waals surface area (Å²) in [5, 5.41) is 24.4. The van der Waals surface area contributed by atoms with Gasteiger partial charge in [0, 0.05) is 17.8 Å². The van der Waals surface area contributed by atoms with E-state index < -0.39 is 4.92 Å². The van der Waals surface area contributed by atoms with E-state index in [9.17, 15) is 15.4 Å². The van der Waals surface area contributed by atoms with E-state index in [4.69, 9.17) is 9.47 Å². The summed E-state index contributed by atoms with van der Waals surface area (Å²) in [6.07, 6.45) is 2.92. The number of hydrogen-bond donors (Lipinski definition) is 1. The highest BCUT2D eigenvalue weighted by molar-refractivity contribution is 9.10. The van der Waals surface area contributed by atoms with Gasteiger partial charge in [0.1, 0.15) is 6.61 Å². The summed E-state index contributed by atoms with van der Waals surface area (Å²) in [5.74, 6) is 1.01. The lowest BCUT2D eigenvalue weighted by Crippen LogP contribution is -2.03. The average molecular weight is 496 g/mol. The van der Waals surface area contributed by atoms with Crippen molar-refractivity contribution in [3.63, 3.8) is 0 Å². The van der Waals surface area contributed by atoms with Crippen molar-refractivity contribution in [2.45, 2.75) is 13.5 Å². The van der Waals surface area contributed by atoms with E-state index in [1.165, 1.54) is 24.5 Å². The molecule has 3 rings (SSSR count). The first-order chi connectivity index (χ1) is 15.5. The lowest BCUT2D eigenvalue weighted by atomic mass is 10.1. The maximum atomic E-state index is 11.1. The number of nitrogens with one attached hydrogen (secondary N) is 1. The van der Waals surface area contributed by atoms with Gasteiger partial charge < -0.3 is 9.47 Å². The fourth-order valence-electron chi connectivity index (χ4n) is 2.77. The quantitative estimate of drug-likeness (QED) is 0.250. The summed E-state index contributed by atoms with van der Waals surface area (Å²) >= 11 is 3.49. The molecule has 0 saturated carbocycles. The van der Waals surface area contributed by atoms with Gasteiger partial charge in [0.2, 0.25) is 5.82 Å². The molecule has 0 atom stereocenters. The maximum Gasteiger partial charge on any atom is 0.313 e. The molecule has 0 aliphatic carbocycles. The number of nitrogens with zero attached hydrogens (tertiary/aromatic N) is 4. The van der Waals surface area contributed by atoms with Crippen LogP contribution in [0, 0.1) is 21.4 Å². The minimum Gasteiger partial charge on any atom is -0.490 e. The van der Waals surface area contributed by atoms with Crippen LogP contribution in [-0.4, -0.2) is 22.7 Å². The second-order valence-electron chi connectivity index (χ2n) is 6.32. The number of rotatable bonds is 9. The molecule has 0 bridgehead atoms. The van der Waals surface area contributed by atoms with E-state index in [-0.39, 0.29) is 18.1 Å². The lowest BCUT2D eigenvalue weighted by Gasteiger charge is -2.15. The Morgan fingerprint density at radius 1 is 1.28 bits per heavy atom. The minimum absolute atomic E-state index is 0.0361. The molecular formula is C22H18BrN5O4. The van der Waals surface area contributed by atoms with Crippen molar-refractivity contribution < 1.29 is 14.4 Å². The first-order valence-electron chi connectivity index (χ1n) is 9.49. The Hall–Kier alpha value is -3.97. The number of halogens is 1. The third-order valence-electron chi connectivity index (χ3n) is 4.21. The summed E-state index contributed by atoms with van der Waals surface area (Å²) in [4.78, 5) is 14.5. The number of ether oxygens (including phenoxy) is 2. The SMILES string of the molecule is CCOc1cc(/C=N\Nc2ncccc2[N+](=O)[O-])cc(Br)c1OCc1ccccc1C#N. The van der Waals surface area contributed by atoms with Crippen molar-refractivity contribution in [3.05, 3.63) is 86.0 Å². The first-order valence-corrected chi connectivity index (χ1v) is 10.3. The third kappa shape index (κ3) is 5.59. The monoisotopic (exact) mass is 495 g/mol. The molecule has 1 N–H and O–H groups in total. The molecule has 10 heteroatoms. The molecule has 0 radical (unpaired) electrons. The molecule has 0 saturated heterocycles. The largest absolute Gasteiger partial charge is 0.490 e. The van der Waals surface area contributed by atoms with Crippen LogP contribution in [0.3, 0.4) is 0 Å². The van der Waals surface area contributed by atoms with Gasteiger partial charge in [-0.25, -0.2) is 4.98 Å². The molecule has 32 heavy (non-hydrogen) atoms. The molecule has 162 valence electrons. The number of pyridine rings is 1. The highest BCUT2D eigenvalue weighted by Gasteiger charge is 2.15. The predicted molar refractivity (Wildman–Crippen MR) is 123 cm³/mol. The van der Waals surface area contributed by atoms with Crippen molar-refractivity contribution in [3.8, 4) is 17.6 Å². The Labute approximate surface area is 192 Å². The summed E-state index contributed by atoms with van der Waals surface area (Å²) in [5.41, 5.74) is 4.37. The molecule has 0 spiro atoms. The Balaban J connectivity index is 1.80. The zero-order valence-corrected chi connectivity index (χ0v) is 18.6. The fraction of sp³-hybridized carbons (Fsp3) is 0.136. The van der Waals surface area contributed by atoms with Gasteiger partial charge in [0.15, 0.2) is 11.5 Å². The van der Waals surface area contributed by atoms with Gasteiger partial charge in [-0.1, -0.05) is 18.2 Å². The normalized spacial score (nSPS) is 10.5. The van der Waals surface area contributed by atoms with Crippen molar-refractivity contribution >= 4 is 33.6 Å². The molecule has 3 aromatic rings. The van der Waals surface area contributed by atoms with Gasteiger partial charge in [-0.2, -0.15) is 10.4 Å². The predicted octanol–water partition coefficient (Wildman–Crippen LogP) is 5.05. The number of hydrogen-bond acceptors (Lipinski definition) is 8. The Kier molecular flexibility index (Phi) is 7.72. The molecule has 0 aliphatic heterocycles. The Morgan fingerprint density at radius 2 is 2.09 bits per heavy atom. The van der Waals surface area contributed by atoms with Crippen LogP contribution in [0.4, 0.5) is 11.5 Å². The van der Waals surface area contributed by atoms with Gasteiger partial charge in [-0.05, 0) is 52.7 Å². The smallest absolute Gasteiger partial charge is 0.313 e. The zero-order chi connectivity index (χ0) is 22.9. The van der Waals surface area contributed by atoms with Crippen LogP contribution in [0.25, 0.3) is 0 Å². The lowest BCUT2D eigenvalue weighted by molar-refractivity contribution is -0.384. The number of nitriles is 1. The summed E-state index contributed by atoms with van der Waals surface area (Å²) in [6, 6.07) is 15.7. The van der Waals surface area contributed by atoms with Gasteiger partial charge in [-0.15, -0.1) is 0 Å². The molecular weight excluding hydrogens is 478 g/mol. The second kappa shape index (κ2) is 10.9. The van der Waals surface area contributed by atoms with Crippen LogP contribution in [-0.2, 0) is 6.61 Å². The van der Waals surface area contributed by atoms with Crippen LogP contribution >= 0.6 is 15.9 Å². The summed E-state index contributed by atoms with van der Waals surface area (Å²) in [6.45, 7) is 2.46. The van der Waals surface area contributed by atoms with Crippen molar-refractivity contribution in [2.24, 2.45) is 5.10 Å². The molecule has 1 aromatic heterocycles. The van der Waals surface area contributed by atoms with Gasteiger partial charge in [0.25, 0.3) is 0 Å². The number of hydrazone groups is 1. The number of benzene rings is 2. The maximum absolute atomic E-state index is 11.1.